The lowest BCUT2D eigenvalue weighted by molar-refractivity contribution is -0.146. The minimum atomic E-state index is -0.669. The summed E-state index contributed by atoms with van der Waals surface area (Å²) in [5, 5.41) is 11.5. The molecule has 7 atom stereocenters. The quantitative estimate of drug-likeness (QED) is 0.470. The molecular weight excluding hydrogens is 384 g/mol. The summed E-state index contributed by atoms with van der Waals surface area (Å²) in [6, 6.07) is 7.48. The Bertz CT molecular complexity index is 777. The summed E-state index contributed by atoms with van der Waals surface area (Å²) in [6.45, 7) is 6.05. The van der Waals surface area contributed by atoms with E-state index in [1.54, 1.807) is 11.8 Å². The van der Waals surface area contributed by atoms with Gasteiger partial charge in [0.2, 0.25) is 0 Å². The van der Waals surface area contributed by atoms with Crippen molar-refractivity contribution in [3.8, 4) is 0 Å². The molecule has 2 aliphatic carbocycles. The van der Waals surface area contributed by atoms with Gasteiger partial charge in [-0.05, 0) is 36.6 Å². The first-order valence-electron chi connectivity index (χ1n) is 9.34. The van der Waals surface area contributed by atoms with Gasteiger partial charge in [-0.2, -0.15) is 0 Å². The third-order valence-electron chi connectivity index (χ3n) is 6.43. The van der Waals surface area contributed by atoms with Crippen LogP contribution in [0, 0.1) is 29.6 Å². The first-order valence-corrected chi connectivity index (χ1v) is 10.7. The lowest BCUT2D eigenvalue weighted by Gasteiger charge is -2.29. The summed E-state index contributed by atoms with van der Waals surface area (Å²) in [5.74, 6) is -0.434. The SMILES string of the molecule is C=C1C[C@H](O)[C@@H]2[C@@H](OC(=O)[C@H]2CSc2ccc(Cl)cc2)[C@H]2[C@H](C)C(=O)C[C@@H]12. The number of aliphatic hydroxyl groups is 1. The molecule has 6 heteroatoms. The molecule has 2 saturated carbocycles. The predicted molar refractivity (Wildman–Crippen MR) is 105 cm³/mol. The minimum absolute atomic E-state index is 0.00705. The van der Waals surface area contributed by atoms with Crippen LogP contribution >= 0.6 is 23.4 Å². The number of hydrogen-bond acceptors (Lipinski definition) is 5. The number of esters is 1. The van der Waals surface area contributed by atoms with Crippen molar-refractivity contribution in [2.24, 2.45) is 29.6 Å². The number of thioether (sulfide) groups is 1. The Morgan fingerprint density at radius 2 is 1.93 bits per heavy atom. The van der Waals surface area contributed by atoms with Crippen molar-refractivity contribution in [3.63, 3.8) is 0 Å². The molecule has 3 fully saturated rings. The molecule has 1 aliphatic heterocycles. The van der Waals surface area contributed by atoms with E-state index >= 15 is 0 Å². The number of aliphatic hydroxyl groups excluding tert-OH is 1. The summed E-state index contributed by atoms with van der Waals surface area (Å²) in [6.07, 6.45) is -0.199. The lowest BCUT2D eigenvalue weighted by atomic mass is 9.77. The molecule has 4 nitrogen and oxygen atoms in total. The second kappa shape index (κ2) is 7.26. The van der Waals surface area contributed by atoms with Crippen LogP contribution in [-0.2, 0) is 14.3 Å². The van der Waals surface area contributed by atoms with Crippen LogP contribution in [0.15, 0.2) is 41.3 Å². The van der Waals surface area contributed by atoms with Crippen LogP contribution in [0.2, 0.25) is 5.02 Å². The fourth-order valence-electron chi connectivity index (χ4n) is 4.99. The highest BCUT2D eigenvalue weighted by atomic mass is 35.5. The van der Waals surface area contributed by atoms with Gasteiger partial charge in [0, 0.05) is 39.8 Å². The number of rotatable bonds is 3. The molecule has 27 heavy (non-hydrogen) atoms. The average molecular weight is 407 g/mol. The number of Topliss-reactive ketones (excluding diaryl/α,β-unsaturated/α-hetero) is 1. The number of ether oxygens (including phenoxy) is 1. The average Bonchev–Trinajstić information content (AvgIpc) is 3.08. The molecule has 0 bridgehead atoms. The molecule has 0 aromatic heterocycles. The molecular formula is C21H23ClO4S. The van der Waals surface area contributed by atoms with E-state index in [0.29, 0.717) is 23.6 Å². The number of fused-ring (bicyclic) bond motifs is 3. The monoisotopic (exact) mass is 406 g/mol. The number of hydrogen-bond donors (Lipinski definition) is 1. The normalized spacial score (nSPS) is 38.3. The molecule has 144 valence electrons. The van der Waals surface area contributed by atoms with Crippen molar-refractivity contribution < 1.29 is 19.4 Å². The Kier molecular flexibility index (Phi) is 5.12. The number of carbonyl (C=O) groups is 2. The smallest absolute Gasteiger partial charge is 0.310 e. The van der Waals surface area contributed by atoms with Gasteiger partial charge in [-0.3, -0.25) is 9.59 Å². The maximum atomic E-state index is 12.7. The van der Waals surface area contributed by atoms with E-state index in [1.165, 1.54) is 0 Å². The molecule has 4 rings (SSSR count). The van der Waals surface area contributed by atoms with Crippen LogP contribution in [0.25, 0.3) is 0 Å². The summed E-state index contributed by atoms with van der Waals surface area (Å²) >= 11 is 7.49. The zero-order valence-electron chi connectivity index (χ0n) is 15.1. The third-order valence-corrected chi connectivity index (χ3v) is 7.82. The van der Waals surface area contributed by atoms with E-state index < -0.39 is 12.2 Å². The van der Waals surface area contributed by atoms with E-state index in [-0.39, 0.29) is 41.3 Å². The Morgan fingerprint density at radius 1 is 1.22 bits per heavy atom. The van der Waals surface area contributed by atoms with Gasteiger partial charge in [0.05, 0.1) is 12.0 Å². The van der Waals surface area contributed by atoms with Gasteiger partial charge < -0.3 is 9.84 Å². The topological polar surface area (TPSA) is 63.6 Å². The maximum absolute atomic E-state index is 12.7. The molecule has 3 aliphatic rings. The van der Waals surface area contributed by atoms with Gasteiger partial charge in [0.25, 0.3) is 0 Å². The van der Waals surface area contributed by atoms with Crippen molar-refractivity contribution in [1.29, 1.82) is 0 Å². The number of benzene rings is 1. The summed E-state index contributed by atoms with van der Waals surface area (Å²) in [5.41, 5.74) is 0.916. The van der Waals surface area contributed by atoms with Gasteiger partial charge >= 0.3 is 5.97 Å². The maximum Gasteiger partial charge on any atom is 0.310 e. The standard InChI is InChI=1S/C21H23ClO4S/c1-10-7-17(24)19-15(9-27-13-5-3-12(22)4-6-13)21(25)26-20(19)18-11(2)16(23)8-14(10)18/h3-6,11,14-15,17-20,24H,1,7-9H2,2H3/t11-,14+,15+,17+,18+,19-,20+/m1/s1. The van der Waals surface area contributed by atoms with Crippen molar-refractivity contribution in [2.45, 2.75) is 36.9 Å². The van der Waals surface area contributed by atoms with Gasteiger partial charge in [0.15, 0.2) is 0 Å². The zero-order valence-corrected chi connectivity index (χ0v) is 16.7. The van der Waals surface area contributed by atoms with Gasteiger partial charge in [-0.1, -0.05) is 30.7 Å². The number of carbonyl (C=O) groups excluding carboxylic acids is 2. The Labute approximate surface area is 168 Å². The molecule has 0 amide bonds. The third kappa shape index (κ3) is 3.34. The first-order chi connectivity index (χ1) is 12.9. The highest BCUT2D eigenvalue weighted by molar-refractivity contribution is 7.99. The molecule has 1 aromatic carbocycles. The van der Waals surface area contributed by atoms with Crippen LogP contribution in [0.1, 0.15) is 19.8 Å². The van der Waals surface area contributed by atoms with Crippen molar-refractivity contribution >= 4 is 35.1 Å². The highest BCUT2D eigenvalue weighted by Crippen LogP contribution is 2.52. The first kappa shape index (κ1) is 19.0. The zero-order chi connectivity index (χ0) is 19.3. The van der Waals surface area contributed by atoms with Crippen LogP contribution in [-0.4, -0.2) is 34.8 Å². The van der Waals surface area contributed by atoms with Crippen LogP contribution < -0.4 is 0 Å². The molecule has 0 radical (unpaired) electrons. The van der Waals surface area contributed by atoms with E-state index in [0.717, 1.165) is 10.5 Å². The van der Waals surface area contributed by atoms with Gasteiger partial charge in [-0.25, -0.2) is 0 Å². The van der Waals surface area contributed by atoms with E-state index in [9.17, 15) is 14.7 Å². The van der Waals surface area contributed by atoms with Crippen LogP contribution in [0.4, 0.5) is 0 Å². The molecule has 0 spiro atoms. The van der Waals surface area contributed by atoms with Crippen LogP contribution in [0.5, 0.6) is 0 Å². The summed E-state index contributed by atoms with van der Waals surface area (Å²) < 4.78 is 5.79. The van der Waals surface area contributed by atoms with Gasteiger partial charge in [0.1, 0.15) is 11.9 Å². The number of halogens is 1. The van der Waals surface area contributed by atoms with E-state index in [4.69, 9.17) is 16.3 Å². The molecule has 1 N–H and O–H groups in total. The minimum Gasteiger partial charge on any atom is -0.461 e. The predicted octanol–water partition coefficient (Wildman–Crippen LogP) is 3.75. The van der Waals surface area contributed by atoms with E-state index in [2.05, 4.69) is 6.58 Å². The van der Waals surface area contributed by atoms with E-state index in [1.807, 2.05) is 31.2 Å². The fraction of sp³-hybridized carbons (Fsp3) is 0.524. The molecule has 1 aromatic rings. The Morgan fingerprint density at radius 3 is 2.63 bits per heavy atom. The second-order valence-electron chi connectivity index (χ2n) is 7.92. The Balaban J connectivity index is 1.58. The lowest BCUT2D eigenvalue weighted by Crippen LogP contribution is -2.38. The highest BCUT2D eigenvalue weighted by Gasteiger charge is 2.58. The fourth-order valence-corrected chi connectivity index (χ4v) is 6.18. The number of ketones is 1. The largest absolute Gasteiger partial charge is 0.461 e. The van der Waals surface area contributed by atoms with Gasteiger partial charge in [-0.15, -0.1) is 11.8 Å². The van der Waals surface area contributed by atoms with Crippen molar-refractivity contribution in [1.82, 2.24) is 0 Å². The second-order valence-corrected chi connectivity index (χ2v) is 9.45. The van der Waals surface area contributed by atoms with Crippen molar-refractivity contribution in [3.05, 3.63) is 41.4 Å². The Hall–Kier alpha value is -1.30. The molecule has 0 unspecified atom stereocenters. The molecule has 1 heterocycles. The van der Waals surface area contributed by atoms with Crippen molar-refractivity contribution in [2.75, 3.05) is 5.75 Å². The summed E-state index contributed by atoms with van der Waals surface area (Å²) in [7, 11) is 0. The summed E-state index contributed by atoms with van der Waals surface area (Å²) in [4.78, 5) is 26.0. The van der Waals surface area contributed by atoms with Crippen LogP contribution in [0.3, 0.4) is 0 Å². The molecule has 1 saturated heterocycles.